The van der Waals surface area contributed by atoms with Gasteiger partial charge in [0.15, 0.2) is 0 Å². The van der Waals surface area contributed by atoms with Crippen molar-refractivity contribution in [3.63, 3.8) is 0 Å². The molecule has 2 N–H and O–H groups in total. The van der Waals surface area contributed by atoms with E-state index in [1.165, 1.54) is 30.0 Å². The minimum atomic E-state index is 0.0126. The Morgan fingerprint density at radius 2 is 1.96 bits per heavy atom. The lowest BCUT2D eigenvalue weighted by molar-refractivity contribution is 0.123. The molecule has 1 aromatic carbocycles. The number of fused-ring (bicyclic) bond motifs is 1. The van der Waals surface area contributed by atoms with Crippen LogP contribution in [0.3, 0.4) is 0 Å². The van der Waals surface area contributed by atoms with Gasteiger partial charge >= 0.3 is 6.03 Å². The molecular weight excluding hydrogens is 344 g/mol. The number of nitrogens with zero attached hydrogens (tertiary/aromatic N) is 2. The first kappa shape index (κ1) is 17.7. The Kier molecular flexibility index (Phi) is 5.41. The van der Waals surface area contributed by atoms with Crippen molar-refractivity contribution in [3.05, 3.63) is 36.0 Å². The van der Waals surface area contributed by atoms with E-state index in [0.29, 0.717) is 6.04 Å². The fourth-order valence-electron chi connectivity index (χ4n) is 4.08. The van der Waals surface area contributed by atoms with Crippen LogP contribution >= 0.6 is 11.8 Å². The molecular formula is C20H28N4OS. The Hall–Kier alpha value is -1.66. The van der Waals surface area contributed by atoms with Crippen LogP contribution in [0.5, 0.6) is 0 Å². The highest BCUT2D eigenvalue weighted by Gasteiger charge is 2.28. The van der Waals surface area contributed by atoms with Crippen molar-refractivity contribution in [1.29, 1.82) is 0 Å². The average molecular weight is 373 g/mol. The number of benzene rings is 1. The maximum absolute atomic E-state index is 12.7. The largest absolute Gasteiger partial charge is 0.361 e. The standard InChI is InChI=1S/C20H28N4OS/c1-15(16-2-3-19-17(14-16)4-7-21-19)22-20(25)24-8-5-18(6-9-24)23-10-12-26-13-11-23/h2-4,7,14-15,18,21H,5-6,8-13H2,1H3,(H,22,25)/t15-/m1/s1. The van der Waals surface area contributed by atoms with Crippen molar-refractivity contribution in [2.24, 2.45) is 0 Å². The van der Waals surface area contributed by atoms with Gasteiger partial charge < -0.3 is 15.2 Å². The van der Waals surface area contributed by atoms with Gasteiger partial charge in [-0.3, -0.25) is 4.90 Å². The van der Waals surface area contributed by atoms with E-state index < -0.39 is 0 Å². The maximum atomic E-state index is 12.7. The van der Waals surface area contributed by atoms with Crippen molar-refractivity contribution in [2.75, 3.05) is 37.7 Å². The Balaban J connectivity index is 1.30. The zero-order valence-corrected chi connectivity index (χ0v) is 16.2. The summed E-state index contributed by atoms with van der Waals surface area (Å²) in [6.07, 6.45) is 4.15. The third-order valence-corrected chi connectivity index (χ3v) is 6.67. The van der Waals surface area contributed by atoms with Gasteiger partial charge in [-0.1, -0.05) is 6.07 Å². The summed E-state index contributed by atoms with van der Waals surface area (Å²) in [4.78, 5) is 20.5. The Labute approximate surface area is 159 Å². The number of hydrogen-bond acceptors (Lipinski definition) is 3. The third kappa shape index (κ3) is 3.86. The summed E-state index contributed by atoms with van der Waals surface area (Å²) in [7, 11) is 0. The minimum absolute atomic E-state index is 0.0126. The molecule has 0 aliphatic carbocycles. The predicted molar refractivity (Wildman–Crippen MR) is 109 cm³/mol. The van der Waals surface area contributed by atoms with Crippen LogP contribution in [0.2, 0.25) is 0 Å². The van der Waals surface area contributed by atoms with Gasteiger partial charge in [-0.05, 0) is 48.9 Å². The van der Waals surface area contributed by atoms with Gasteiger partial charge in [-0.2, -0.15) is 11.8 Å². The fraction of sp³-hybridized carbons (Fsp3) is 0.550. The number of urea groups is 1. The normalized spacial score (nSPS) is 21.0. The summed E-state index contributed by atoms with van der Waals surface area (Å²) in [5.74, 6) is 2.51. The number of carbonyl (C=O) groups excluding carboxylic acids is 1. The topological polar surface area (TPSA) is 51.4 Å². The molecule has 2 fully saturated rings. The molecule has 2 amide bonds. The van der Waals surface area contributed by atoms with Crippen LogP contribution in [0.25, 0.3) is 10.9 Å². The number of carbonyl (C=O) groups is 1. The van der Waals surface area contributed by atoms with Gasteiger partial charge in [0, 0.05) is 55.4 Å². The highest BCUT2D eigenvalue weighted by molar-refractivity contribution is 7.99. The Morgan fingerprint density at radius 3 is 2.73 bits per heavy atom. The van der Waals surface area contributed by atoms with Gasteiger partial charge in [-0.25, -0.2) is 4.79 Å². The highest BCUT2D eigenvalue weighted by Crippen LogP contribution is 2.22. The zero-order valence-electron chi connectivity index (χ0n) is 15.4. The first-order valence-electron chi connectivity index (χ1n) is 9.65. The number of likely N-dealkylation sites (tertiary alicyclic amines) is 1. The van der Waals surface area contributed by atoms with E-state index in [1.807, 2.05) is 11.1 Å². The molecule has 0 saturated carbocycles. The number of rotatable bonds is 3. The van der Waals surface area contributed by atoms with E-state index in [0.717, 1.165) is 37.0 Å². The van der Waals surface area contributed by atoms with Crippen LogP contribution in [-0.2, 0) is 0 Å². The molecule has 4 rings (SSSR count). The van der Waals surface area contributed by atoms with E-state index in [-0.39, 0.29) is 12.1 Å². The van der Waals surface area contributed by atoms with Crippen LogP contribution in [-0.4, -0.2) is 64.5 Å². The molecule has 6 heteroatoms. The average Bonchev–Trinajstić information content (AvgIpc) is 3.16. The molecule has 0 spiro atoms. The number of thioether (sulfide) groups is 1. The monoisotopic (exact) mass is 372 g/mol. The maximum Gasteiger partial charge on any atom is 0.317 e. The first-order valence-corrected chi connectivity index (χ1v) is 10.8. The van der Waals surface area contributed by atoms with Crippen LogP contribution in [0.15, 0.2) is 30.5 Å². The minimum Gasteiger partial charge on any atom is -0.361 e. The molecule has 0 unspecified atom stereocenters. The van der Waals surface area contributed by atoms with Gasteiger partial charge in [0.25, 0.3) is 0 Å². The molecule has 0 radical (unpaired) electrons. The van der Waals surface area contributed by atoms with E-state index in [2.05, 4.69) is 58.2 Å². The van der Waals surface area contributed by atoms with Crippen molar-refractivity contribution in [3.8, 4) is 0 Å². The van der Waals surface area contributed by atoms with Crippen molar-refractivity contribution in [1.82, 2.24) is 20.1 Å². The zero-order chi connectivity index (χ0) is 17.9. The first-order chi connectivity index (χ1) is 12.7. The number of aromatic amines is 1. The van der Waals surface area contributed by atoms with E-state index >= 15 is 0 Å². The Morgan fingerprint density at radius 1 is 1.19 bits per heavy atom. The second-order valence-corrected chi connectivity index (χ2v) is 8.59. The van der Waals surface area contributed by atoms with Crippen LogP contribution < -0.4 is 5.32 Å². The molecule has 1 atom stereocenters. The van der Waals surface area contributed by atoms with Gasteiger partial charge in [0.1, 0.15) is 0 Å². The van der Waals surface area contributed by atoms with E-state index in [9.17, 15) is 4.79 Å². The fourth-order valence-corrected chi connectivity index (χ4v) is 5.01. The molecule has 2 aromatic rings. The lowest BCUT2D eigenvalue weighted by Crippen LogP contribution is -2.51. The molecule has 2 saturated heterocycles. The molecule has 3 heterocycles. The van der Waals surface area contributed by atoms with Crippen molar-refractivity contribution >= 4 is 28.7 Å². The summed E-state index contributed by atoms with van der Waals surface area (Å²) in [5, 5.41) is 4.36. The smallest absolute Gasteiger partial charge is 0.317 e. The summed E-state index contributed by atoms with van der Waals surface area (Å²) in [6, 6.07) is 9.13. The van der Waals surface area contributed by atoms with E-state index in [4.69, 9.17) is 0 Å². The molecule has 2 aliphatic heterocycles. The van der Waals surface area contributed by atoms with Crippen LogP contribution in [0, 0.1) is 0 Å². The lowest BCUT2D eigenvalue weighted by Gasteiger charge is -2.40. The van der Waals surface area contributed by atoms with Crippen LogP contribution in [0.4, 0.5) is 4.79 Å². The SMILES string of the molecule is C[C@@H](NC(=O)N1CCC(N2CCSCC2)CC1)c1ccc2[nH]ccc2c1. The van der Waals surface area contributed by atoms with Gasteiger partial charge in [-0.15, -0.1) is 0 Å². The summed E-state index contributed by atoms with van der Waals surface area (Å²) >= 11 is 2.06. The van der Waals surface area contributed by atoms with E-state index in [1.54, 1.807) is 0 Å². The summed E-state index contributed by atoms with van der Waals surface area (Å²) in [6.45, 7) is 6.21. The molecule has 1 aromatic heterocycles. The predicted octanol–water partition coefficient (Wildman–Crippen LogP) is 3.45. The number of piperidine rings is 1. The Bertz CT molecular complexity index is 747. The van der Waals surface area contributed by atoms with Gasteiger partial charge in [0.2, 0.25) is 0 Å². The number of aromatic nitrogens is 1. The number of nitrogens with one attached hydrogen (secondary N) is 2. The third-order valence-electron chi connectivity index (χ3n) is 5.73. The summed E-state index contributed by atoms with van der Waals surface area (Å²) < 4.78 is 0. The second kappa shape index (κ2) is 7.92. The molecule has 140 valence electrons. The van der Waals surface area contributed by atoms with Crippen molar-refractivity contribution in [2.45, 2.75) is 31.8 Å². The lowest BCUT2D eigenvalue weighted by atomic mass is 10.0. The highest BCUT2D eigenvalue weighted by atomic mass is 32.2. The molecule has 26 heavy (non-hydrogen) atoms. The van der Waals surface area contributed by atoms with Crippen molar-refractivity contribution < 1.29 is 4.79 Å². The van der Waals surface area contributed by atoms with Crippen LogP contribution in [0.1, 0.15) is 31.4 Å². The summed E-state index contributed by atoms with van der Waals surface area (Å²) in [5.41, 5.74) is 2.27. The molecule has 5 nitrogen and oxygen atoms in total. The number of H-pyrrole nitrogens is 1. The van der Waals surface area contributed by atoms with Gasteiger partial charge in [0.05, 0.1) is 6.04 Å². The number of amides is 2. The molecule has 2 aliphatic rings. The second-order valence-electron chi connectivity index (χ2n) is 7.36. The molecule has 0 bridgehead atoms. The number of hydrogen-bond donors (Lipinski definition) is 2. The quantitative estimate of drug-likeness (QED) is 0.868.